The lowest BCUT2D eigenvalue weighted by Crippen LogP contribution is -2.34. The molecule has 1 aliphatic heterocycles. The summed E-state index contributed by atoms with van der Waals surface area (Å²) < 4.78 is 5.48. The number of benzene rings is 1. The summed E-state index contributed by atoms with van der Waals surface area (Å²) in [7, 11) is 2.16. The minimum absolute atomic E-state index is 0.0501. The van der Waals surface area contributed by atoms with Gasteiger partial charge < -0.3 is 15.0 Å². The second-order valence-corrected chi connectivity index (χ2v) is 6.49. The molecule has 122 valence electrons. The van der Waals surface area contributed by atoms with E-state index in [0.29, 0.717) is 10.8 Å². The Balaban J connectivity index is 1.62. The first-order chi connectivity index (χ1) is 10.5. The topological polar surface area (TPSA) is 41.6 Å². The van der Waals surface area contributed by atoms with Crippen LogP contribution in [0.1, 0.15) is 24.8 Å². The third kappa shape index (κ3) is 5.50. The van der Waals surface area contributed by atoms with Gasteiger partial charge in [0.25, 0.3) is 5.91 Å². The number of aryl methyl sites for hydroxylation is 1. The van der Waals surface area contributed by atoms with Crippen molar-refractivity contribution >= 4 is 17.5 Å². The van der Waals surface area contributed by atoms with Crippen molar-refractivity contribution in [1.82, 2.24) is 10.2 Å². The predicted molar refractivity (Wildman–Crippen MR) is 89.5 cm³/mol. The summed E-state index contributed by atoms with van der Waals surface area (Å²) in [6.45, 7) is 5.02. The molecule has 1 amide bonds. The molecule has 1 aliphatic rings. The van der Waals surface area contributed by atoms with E-state index in [1.54, 1.807) is 12.1 Å². The minimum atomic E-state index is -0.0690. The summed E-state index contributed by atoms with van der Waals surface area (Å²) in [5.41, 5.74) is 0.946. The normalized spacial score (nSPS) is 16.5. The molecular formula is C17H25ClN2O2. The van der Waals surface area contributed by atoms with Crippen molar-refractivity contribution in [3.05, 3.63) is 28.8 Å². The number of nitrogens with one attached hydrogen (secondary N) is 1. The van der Waals surface area contributed by atoms with Crippen LogP contribution in [0.4, 0.5) is 0 Å². The molecule has 0 atom stereocenters. The van der Waals surface area contributed by atoms with Gasteiger partial charge in [0.1, 0.15) is 5.75 Å². The summed E-state index contributed by atoms with van der Waals surface area (Å²) in [5.74, 6) is 1.34. The first kappa shape index (κ1) is 17.1. The van der Waals surface area contributed by atoms with E-state index in [0.717, 1.165) is 37.5 Å². The van der Waals surface area contributed by atoms with Crippen LogP contribution in [0.25, 0.3) is 0 Å². The highest BCUT2D eigenvalue weighted by Crippen LogP contribution is 2.21. The van der Waals surface area contributed by atoms with E-state index in [1.807, 2.05) is 13.0 Å². The first-order valence-corrected chi connectivity index (χ1v) is 8.26. The Labute approximate surface area is 137 Å². The fourth-order valence-electron chi connectivity index (χ4n) is 2.67. The van der Waals surface area contributed by atoms with Gasteiger partial charge in [-0.25, -0.2) is 0 Å². The van der Waals surface area contributed by atoms with Crippen LogP contribution in [0, 0.1) is 12.8 Å². The maximum Gasteiger partial charge on any atom is 0.257 e. The van der Waals surface area contributed by atoms with E-state index in [4.69, 9.17) is 16.3 Å². The average Bonchev–Trinajstić information content (AvgIpc) is 2.50. The van der Waals surface area contributed by atoms with Crippen LogP contribution in [0.5, 0.6) is 5.75 Å². The molecule has 1 fully saturated rings. The summed E-state index contributed by atoms with van der Waals surface area (Å²) in [6.07, 6.45) is 3.51. The van der Waals surface area contributed by atoms with Gasteiger partial charge in [-0.1, -0.05) is 11.6 Å². The number of amides is 1. The molecule has 0 radical (unpaired) electrons. The van der Waals surface area contributed by atoms with Crippen LogP contribution < -0.4 is 10.1 Å². The zero-order chi connectivity index (χ0) is 15.9. The highest BCUT2D eigenvalue weighted by molar-refractivity contribution is 6.31. The Hall–Kier alpha value is -1.26. The maximum absolute atomic E-state index is 11.8. The van der Waals surface area contributed by atoms with Crippen molar-refractivity contribution in [3.8, 4) is 5.75 Å². The van der Waals surface area contributed by atoms with Crippen LogP contribution in [-0.4, -0.2) is 44.1 Å². The molecule has 0 saturated carbocycles. The Morgan fingerprint density at radius 2 is 2.14 bits per heavy atom. The molecule has 0 aliphatic carbocycles. The number of carbonyl (C=O) groups is 1. The molecule has 1 aromatic carbocycles. The summed E-state index contributed by atoms with van der Waals surface area (Å²) in [6, 6.07) is 5.40. The van der Waals surface area contributed by atoms with Gasteiger partial charge in [0.15, 0.2) is 6.61 Å². The van der Waals surface area contributed by atoms with Gasteiger partial charge in [0.2, 0.25) is 0 Å². The van der Waals surface area contributed by atoms with Crippen LogP contribution in [0.3, 0.4) is 0 Å². The van der Waals surface area contributed by atoms with E-state index < -0.39 is 0 Å². The number of nitrogens with zero attached hydrogens (tertiary/aromatic N) is 1. The fraction of sp³-hybridized carbons (Fsp3) is 0.588. The van der Waals surface area contributed by atoms with Gasteiger partial charge in [-0.15, -0.1) is 0 Å². The highest BCUT2D eigenvalue weighted by Gasteiger charge is 2.16. The van der Waals surface area contributed by atoms with Crippen molar-refractivity contribution < 1.29 is 9.53 Å². The number of ether oxygens (including phenoxy) is 1. The maximum atomic E-state index is 11.8. The van der Waals surface area contributed by atoms with Gasteiger partial charge in [-0.2, -0.15) is 0 Å². The van der Waals surface area contributed by atoms with E-state index in [1.165, 1.54) is 12.8 Å². The second kappa shape index (κ2) is 8.39. The highest BCUT2D eigenvalue weighted by atomic mass is 35.5. The minimum Gasteiger partial charge on any atom is -0.484 e. The average molecular weight is 325 g/mol. The molecule has 0 spiro atoms. The van der Waals surface area contributed by atoms with E-state index in [-0.39, 0.29) is 12.5 Å². The Morgan fingerprint density at radius 1 is 1.41 bits per heavy atom. The molecule has 5 heteroatoms. The molecule has 22 heavy (non-hydrogen) atoms. The number of carbonyl (C=O) groups excluding carboxylic acids is 1. The van der Waals surface area contributed by atoms with Crippen molar-refractivity contribution in [3.63, 3.8) is 0 Å². The molecule has 4 nitrogen and oxygen atoms in total. The summed E-state index contributed by atoms with van der Waals surface area (Å²) in [5, 5.41) is 3.64. The zero-order valence-corrected chi connectivity index (χ0v) is 14.2. The van der Waals surface area contributed by atoms with Crippen molar-refractivity contribution in [1.29, 1.82) is 0 Å². The van der Waals surface area contributed by atoms with Crippen molar-refractivity contribution in [2.45, 2.75) is 26.2 Å². The molecule has 0 aromatic heterocycles. The van der Waals surface area contributed by atoms with Crippen LogP contribution >= 0.6 is 11.6 Å². The largest absolute Gasteiger partial charge is 0.484 e. The number of piperidine rings is 1. The third-order valence-electron chi connectivity index (χ3n) is 4.21. The summed E-state index contributed by atoms with van der Waals surface area (Å²) in [4.78, 5) is 14.1. The van der Waals surface area contributed by atoms with Gasteiger partial charge in [0, 0.05) is 11.6 Å². The smallest absolute Gasteiger partial charge is 0.257 e. The number of likely N-dealkylation sites (tertiary alicyclic amines) is 1. The van der Waals surface area contributed by atoms with Gasteiger partial charge >= 0.3 is 0 Å². The summed E-state index contributed by atoms with van der Waals surface area (Å²) >= 11 is 5.96. The lowest BCUT2D eigenvalue weighted by molar-refractivity contribution is -0.123. The van der Waals surface area contributed by atoms with Crippen molar-refractivity contribution in [2.75, 3.05) is 33.3 Å². The molecule has 1 heterocycles. The molecule has 1 aromatic rings. The molecule has 1 N–H and O–H groups in total. The van der Waals surface area contributed by atoms with E-state index in [9.17, 15) is 4.79 Å². The zero-order valence-electron chi connectivity index (χ0n) is 13.4. The predicted octanol–water partition coefficient (Wildman–Crippen LogP) is 2.88. The van der Waals surface area contributed by atoms with Crippen molar-refractivity contribution in [2.24, 2.45) is 5.92 Å². The molecule has 1 saturated heterocycles. The number of rotatable bonds is 6. The third-order valence-corrected chi connectivity index (χ3v) is 4.64. The van der Waals surface area contributed by atoms with Gasteiger partial charge in [0.05, 0.1) is 0 Å². The van der Waals surface area contributed by atoms with Gasteiger partial charge in [-0.3, -0.25) is 4.79 Å². The second-order valence-electron chi connectivity index (χ2n) is 6.08. The van der Waals surface area contributed by atoms with Crippen LogP contribution in [-0.2, 0) is 4.79 Å². The monoisotopic (exact) mass is 324 g/mol. The molecule has 0 bridgehead atoms. The SMILES string of the molecule is Cc1cc(OCC(=O)NCCC2CCN(C)CC2)ccc1Cl. The molecule has 2 rings (SSSR count). The van der Waals surface area contributed by atoms with Crippen LogP contribution in [0.2, 0.25) is 5.02 Å². The lowest BCUT2D eigenvalue weighted by Gasteiger charge is -2.28. The Bertz CT molecular complexity index is 499. The van der Waals surface area contributed by atoms with E-state index in [2.05, 4.69) is 17.3 Å². The number of hydrogen-bond donors (Lipinski definition) is 1. The fourth-order valence-corrected chi connectivity index (χ4v) is 2.79. The van der Waals surface area contributed by atoms with Crippen LogP contribution in [0.15, 0.2) is 18.2 Å². The Kier molecular flexibility index (Phi) is 6.52. The number of halogens is 1. The van der Waals surface area contributed by atoms with E-state index >= 15 is 0 Å². The molecule has 0 unspecified atom stereocenters. The first-order valence-electron chi connectivity index (χ1n) is 7.89. The van der Waals surface area contributed by atoms with Gasteiger partial charge in [-0.05, 0) is 76.0 Å². The number of hydrogen-bond acceptors (Lipinski definition) is 3. The molecular weight excluding hydrogens is 300 g/mol. The lowest BCUT2D eigenvalue weighted by atomic mass is 9.94. The quantitative estimate of drug-likeness (QED) is 0.875. The Morgan fingerprint density at radius 3 is 2.82 bits per heavy atom. The standard InChI is InChI=1S/C17H25ClN2O2/c1-13-11-15(3-4-16(13)18)22-12-17(21)19-8-5-14-6-9-20(2)10-7-14/h3-4,11,14H,5-10,12H2,1-2H3,(H,19,21).